The molecular formula is C38H42N2O2. The summed E-state index contributed by atoms with van der Waals surface area (Å²) in [6.07, 6.45) is 7.65. The highest BCUT2D eigenvalue weighted by Gasteiger charge is 2.61. The first-order chi connectivity index (χ1) is 20.4. The summed E-state index contributed by atoms with van der Waals surface area (Å²) in [6, 6.07) is 31.3. The van der Waals surface area contributed by atoms with Crippen molar-refractivity contribution < 1.29 is 9.59 Å². The zero-order valence-electron chi connectivity index (χ0n) is 24.8. The molecule has 7 rings (SSSR count). The van der Waals surface area contributed by atoms with Gasteiger partial charge in [-0.25, -0.2) is 0 Å². The number of hydrogen-bond donors (Lipinski definition) is 2. The number of amides is 1. The van der Waals surface area contributed by atoms with Gasteiger partial charge in [-0.3, -0.25) is 9.59 Å². The quantitative estimate of drug-likeness (QED) is 0.331. The van der Waals surface area contributed by atoms with E-state index in [0.29, 0.717) is 24.2 Å². The molecule has 4 heteroatoms. The lowest BCUT2D eigenvalue weighted by atomic mass is 9.50. The number of rotatable bonds is 5. The monoisotopic (exact) mass is 558 g/mol. The number of nitrogens with one attached hydrogen (secondary N) is 2. The minimum Gasteiger partial charge on any atom is -0.387 e. The molecule has 2 N–H and O–H groups in total. The highest BCUT2D eigenvalue weighted by atomic mass is 16.2. The summed E-state index contributed by atoms with van der Waals surface area (Å²) in [5, 5.41) is 7.42. The standard InChI is InChI=1S/C38H42N2O2/c1-36-23-21-32-30(25-39-34-24-29(41)20-22-37(32,34)2)31(36)18-19-33(36)35(42)40-38(26-12-6-3-7-13-26,27-14-8-4-9-15-27)28-16-10-5-11-17-28/h3-17,24,30-33,39H,18-23,25H2,1-2H3,(H,40,42)/t30-,31-,32-,33+,36-,37+/m0/s1. The number of ketones is 1. The van der Waals surface area contributed by atoms with Crippen molar-refractivity contribution in [3.8, 4) is 0 Å². The Labute approximate surface area is 250 Å². The van der Waals surface area contributed by atoms with Crippen molar-refractivity contribution in [2.45, 2.75) is 57.9 Å². The molecule has 2 saturated carbocycles. The second kappa shape index (κ2) is 10.3. The predicted molar refractivity (Wildman–Crippen MR) is 166 cm³/mol. The number of allylic oxidation sites excluding steroid dienone is 2. The number of hydrogen-bond acceptors (Lipinski definition) is 3. The van der Waals surface area contributed by atoms with Crippen LogP contribution in [0.4, 0.5) is 0 Å². The van der Waals surface area contributed by atoms with E-state index in [1.54, 1.807) is 0 Å². The van der Waals surface area contributed by atoms with Crippen molar-refractivity contribution in [3.63, 3.8) is 0 Å². The maximum absolute atomic E-state index is 14.8. The van der Waals surface area contributed by atoms with Gasteiger partial charge in [-0.05, 0) is 72.0 Å². The molecule has 216 valence electrons. The minimum absolute atomic E-state index is 0.0432. The Balaban J connectivity index is 1.24. The Hall–Kier alpha value is -3.66. The molecule has 1 heterocycles. The zero-order valence-corrected chi connectivity index (χ0v) is 24.8. The fraction of sp³-hybridized carbons (Fsp3) is 0.421. The normalized spacial score (nSPS) is 32.0. The molecule has 3 aliphatic carbocycles. The maximum atomic E-state index is 14.8. The average molecular weight is 559 g/mol. The van der Waals surface area contributed by atoms with Crippen LogP contribution in [0.2, 0.25) is 0 Å². The summed E-state index contributed by atoms with van der Waals surface area (Å²) >= 11 is 0. The first-order valence-electron chi connectivity index (χ1n) is 15.8. The Kier molecular flexibility index (Phi) is 6.64. The molecule has 1 saturated heterocycles. The Morgan fingerprint density at radius 2 is 1.36 bits per heavy atom. The molecule has 3 aromatic rings. The largest absolute Gasteiger partial charge is 0.387 e. The van der Waals surface area contributed by atoms with Crippen molar-refractivity contribution in [2.75, 3.05) is 6.54 Å². The van der Waals surface area contributed by atoms with E-state index in [4.69, 9.17) is 0 Å². The van der Waals surface area contributed by atoms with E-state index in [1.165, 1.54) is 0 Å². The second-order valence-corrected chi connectivity index (χ2v) is 13.7. The van der Waals surface area contributed by atoms with Crippen molar-refractivity contribution in [2.24, 2.45) is 34.5 Å². The van der Waals surface area contributed by atoms with Crippen LogP contribution >= 0.6 is 0 Å². The third kappa shape index (κ3) is 4.09. The van der Waals surface area contributed by atoms with Crippen LogP contribution in [0.15, 0.2) is 103 Å². The summed E-state index contributed by atoms with van der Waals surface area (Å²) in [7, 11) is 0. The molecule has 1 aliphatic heterocycles. The summed E-state index contributed by atoms with van der Waals surface area (Å²) in [5.74, 6) is 1.96. The average Bonchev–Trinajstić information content (AvgIpc) is 3.39. The molecule has 4 aliphatic rings. The van der Waals surface area contributed by atoms with Crippen LogP contribution in [0, 0.1) is 34.5 Å². The van der Waals surface area contributed by atoms with Crippen LogP contribution in [0.25, 0.3) is 0 Å². The van der Waals surface area contributed by atoms with Crippen LogP contribution < -0.4 is 10.6 Å². The fourth-order valence-corrected chi connectivity index (χ4v) is 9.63. The molecule has 6 atom stereocenters. The summed E-state index contributed by atoms with van der Waals surface area (Å²) in [5.41, 5.74) is 3.56. The Morgan fingerprint density at radius 1 is 0.786 bits per heavy atom. The molecule has 1 amide bonds. The van der Waals surface area contributed by atoms with E-state index in [9.17, 15) is 9.59 Å². The smallest absolute Gasteiger partial charge is 0.224 e. The lowest BCUT2D eigenvalue weighted by Gasteiger charge is -2.58. The third-order valence-electron chi connectivity index (χ3n) is 11.8. The summed E-state index contributed by atoms with van der Waals surface area (Å²) in [6.45, 7) is 5.69. The van der Waals surface area contributed by atoms with Gasteiger partial charge in [0, 0.05) is 36.1 Å². The van der Waals surface area contributed by atoms with Gasteiger partial charge in [0.25, 0.3) is 0 Å². The highest BCUT2D eigenvalue weighted by molar-refractivity contribution is 5.91. The fourth-order valence-electron chi connectivity index (χ4n) is 9.63. The third-order valence-corrected chi connectivity index (χ3v) is 11.8. The molecule has 0 bridgehead atoms. The predicted octanol–water partition coefficient (Wildman–Crippen LogP) is 7.01. The van der Waals surface area contributed by atoms with Crippen molar-refractivity contribution in [1.82, 2.24) is 10.6 Å². The van der Waals surface area contributed by atoms with Gasteiger partial charge < -0.3 is 10.6 Å². The molecule has 0 unspecified atom stereocenters. The van der Waals surface area contributed by atoms with Gasteiger partial charge in [0.05, 0.1) is 0 Å². The Morgan fingerprint density at radius 3 is 1.93 bits per heavy atom. The van der Waals surface area contributed by atoms with Gasteiger partial charge in [-0.1, -0.05) is 105 Å². The SMILES string of the molecule is C[C@]12CC[C@H]3[C@@H](CNC4=CC(=O)CC[C@@]43C)[C@@H]1CC[C@@H]2C(=O)NC(c1ccccc1)(c1ccccc1)c1ccccc1. The van der Waals surface area contributed by atoms with E-state index in [0.717, 1.165) is 61.0 Å². The van der Waals surface area contributed by atoms with Gasteiger partial charge in [-0.15, -0.1) is 0 Å². The summed E-state index contributed by atoms with van der Waals surface area (Å²) < 4.78 is 0. The molecule has 0 radical (unpaired) electrons. The highest BCUT2D eigenvalue weighted by Crippen LogP contribution is 2.64. The van der Waals surface area contributed by atoms with Crippen LogP contribution in [0.5, 0.6) is 0 Å². The zero-order chi connectivity index (χ0) is 29.0. The second-order valence-electron chi connectivity index (χ2n) is 13.7. The van der Waals surface area contributed by atoms with Gasteiger partial charge in [0.1, 0.15) is 5.54 Å². The lowest BCUT2D eigenvalue weighted by Crippen LogP contribution is -2.58. The molecule has 4 nitrogen and oxygen atoms in total. The number of benzene rings is 3. The molecule has 3 fully saturated rings. The van der Waals surface area contributed by atoms with Crippen molar-refractivity contribution in [3.05, 3.63) is 119 Å². The molecule has 42 heavy (non-hydrogen) atoms. The number of carbonyl (C=O) groups is 2. The van der Waals surface area contributed by atoms with Crippen LogP contribution in [0.1, 0.15) is 69.1 Å². The summed E-state index contributed by atoms with van der Waals surface area (Å²) in [4.78, 5) is 27.0. The molecule has 0 aromatic heterocycles. The van der Waals surface area contributed by atoms with Crippen LogP contribution in [-0.4, -0.2) is 18.2 Å². The van der Waals surface area contributed by atoms with Crippen LogP contribution in [0.3, 0.4) is 0 Å². The van der Waals surface area contributed by atoms with Crippen LogP contribution in [-0.2, 0) is 15.1 Å². The van der Waals surface area contributed by atoms with Crippen molar-refractivity contribution >= 4 is 11.7 Å². The minimum atomic E-state index is -0.791. The number of carbonyl (C=O) groups excluding carboxylic acids is 2. The number of fused-ring (bicyclic) bond motifs is 5. The van der Waals surface area contributed by atoms with Gasteiger partial charge >= 0.3 is 0 Å². The van der Waals surface area contributed by atoms with E-state index >= 15 is 0 Å². The Bertz CT molecular complexity index is 1400. The van der Waals surface area contributed by atoms with E-state index in [-0.39, 0.29) is 28.4 Å². The molecular weight excluding hydrogens is 516 g/mol. The topological polar surface area (TPSA) is 58.2 Å². The lowest BCUT2D eigenvalue weighted by molar-refractivity contribution is -0.133. The maximum Gasteiger partial charge on any atom is 0.224 e. The van der Waals surface area contributed by atoms with Gasteiger partial charge in [-0.2, -0.15) is 0 Å². The van der Waals surface area contributed by atoms with E-state index < -0.39 is 5.54 Å². The molecule has 3 aromatic carbocycles. The van der Waals surface area contributed by atoms with Gasteiger partial charge in [0.15, 0.2) is 5.78 Å². The molecule has 0 spiro atoms. The first kappa shape index (κ1) is 27.2. The van der Waals surface area contributed by atoms with E-state index in [1.807, 2.05) is 24.3 Å². The van der Waals surface area contributed by atoms with E-state index in [2.05, 4.69) is 97.3 Å². The van der Waals surface area contributed by atoms with Crippen molar-refractivity contribution in [1.29, 1.82) is 0 Å². The first-order valence-corrected chi connectivity index (χ1v) is 15.8. The number of piperidine rings is 1. The van der Waals surface area contributed by atoms with Gasteiger partial charge in [0.2, 0.25) is 5.91 Å².